The van der Waals surface area contributed by atoms with E-state index < -0.39 is 0 Å². The van der Waals surface area contributed by atoms with Gasteiger partial charge in [0.1, 0.15) is 5.75 Å². The van der Waals surface area contributed by atoms with Crippen LogP contribution in [0, 0.1) is 0 Å². The third-order valence-corrected chi connectivity index (χ3v) is 3.56. The second-order valence-corrected chi connectivity index (χ2v) is 5.07. The van der Waals surface area contributed by atoms with Crippen molar-refractivity contribution in [2.24, 2.45) is 0 Å². The van der Waals surface area contributed by atoms with Gasteiger partial charge in [0.15, 0.2) is 0 Å². The summed E-state index contributed by atoms with van der Waals surface area (Å²) in [5.41, 5.74) is 2.71. The fourth-order valence-corrected chi connectivity index (χ4v) is 2.30. The Morgan fingerprint density at radius 2 is 1.88 bits per heavy atom. The van der Waals surface area contributed by atoms with Crippen molar-refractivity contribution in [3.05, 3.63) is 52.2 Å². The molecule has 0 radical (unpaired) electrons. The van der Waals surface area contributed by atoms with Crippen molar-refractivity contribution in [3.63, 3.8) is 0 Å². The SMILES string of the molecule is CCC(C)Oc1ccc(Cc2ccsc2)cc1. The highest BCUT2D eigenvalue weighted by Gasteiger charge is 2.01. The standard InChI is InChI=1S/C15H18OS/c1-3-12(2)16-15-6-4-13(5-7-15)10-14-8-9-17-11-14/h4-9,11-12H,3,10H2,1-2H3. The maximum Gasteiger partial charge on any atom is 0.119 e. The summed E-state index contributed by atoms with van der Waals surface area (Å²) in [4.78, 5) is 0. The van der Waals surface area contributed by atoms with E-state index in [0.29, 0.717) is 0 Å². The van der Waals surface area contributed by atoms with Crippen molar-refractivity contribution >= 4 is 11.3 Å². The molecule has 1 atom stereocenters. The first-order valence-electron chi connectivity index (χ1n) is 6.04. The van der Waals surface area contributed by atoms with Crippen molar-refractivity contribution in [2.45, 2.75) is 32.8 Å². The van der Waals surface area contributed by atoms with Crippen LogP contribution in [0.5, 0.6) is 5.75 Å². The molecule has 17 heavy (non-hydrogen) atoms. The van der Waals surface area contributed by atoms with Crippen LogP contribution in [0.1, 0.15) is 31.4 Å². The first-order valence-corrected chi connectivity index (χ1v) is 6.99. The highest BCUT2D eigenvalue weighted by molar-refractivity contribution is 7.07. The molecule has 1 heterocycles. The van der Waals surface area contributed by atoms with Gasteiger partial charge in [0, 0.05) is 0 Å². The largest absolute Gasteiger partial charge is 0.491 e. The lowest BCUT2D eigenvalue weighted by Crippen LogP contribution is -2.09. The number of benzene rings is 1. The zero-order valence-electron chi connectivity index (χ0n) is 10.3. The van der Waals surface area contributed by atoms with E-state index in [0.717, 1.165) is 18.6 Å². The Morgan fingerprint density at radius 1 is 1.12 bits per heavy atom. The summed E-state index contributed by atoms with van der Waals surface area (Å²) < 4.78 is 5.76. The van der Waals surface area contributed by atoms with Crippen molar-refractivity contribution in [2.75, 3.05) is 0 Å². The van der Waals surface area contributed by atoms with E-state index in [1.807, 2.05) is 0 Å². The first-order chi connectivity index (χ1) is 8.28. The van der Waals surface area contributed by atoms with E-state index >= 15 is 0 Å². The van der Waals surface area contributed by atoms with Crippen LogP contribution in [0.4, 0.5) is 0 Å². The molecule has 1 nitrogen and oxygen atoms in total. The maximum absolute atomic E-state index is 5.76. The third-order valence-electron chi connectivity index (χ3n) is 2.82. The summed E-state index contributed by atoms with van der Waals surface area (Å²) in [6.07, 6.45) is 2.33. The van der Waals surface area contributed by atoms with Gasteiger partial charge in [-0.1, -0.05) is 19.1 Å². The zero-order valence-corrected chi connectivity index (χ0v) is 11.2. The van der Waals surface area contributed by atoms with Crippen LogP contribution in [-0.4, -0.2) is 6.10 Å². The fourth-order valence-electron chi connectivity index (χ4n) is 1.63. The average Bonchev–Trinajstić information content (AvgIpc) is 2.84. The first kappa shape index (κ1) is 12.2. The second kappa shape index (κ2) is 5.87. The van der Waals surface area contributed by atoms with Crippen LogP contribution in [-0.2, 0) is 6.42 Å². The van der Waals surface area contributed by atoms with Gasteiger partial charge in [-0.2, -0.15) is 11.3 Å². The smallest absolute Gasteiger partial charge is 0.119 e. The minimum Gasteiger partial charge on any atom is -0.491 e. The molecule has 0 saturated heterocycles. The molecule has 2 heteroatoms. The predicted molar refractivity (Wildman–Crippen MR) is 73.9 cm³/mol. The lowest BCUT2D eigenvalue weighted by molar-refractivity contribution is 0.217. The average molecular weight is 246 g/mol. The van der Waals surface area contributed by atoms with E-state index in [1.54, 1.807) is 11.3 Å². The molecule has 0 aliphatic heterocycles. The number of thiophene rings is 1. The number of ether oxygens (including phenoxy) is 1. The summed E-state index contributed by atoms with van der Waals surface area (Å²) in [5, 5.41) is 4.32. The second-order valence-electron chi connectivity index (χ2n) is 4.29. The highest BCUT2D eigenvalue weighted by atomic mass is 32.1. The minimum absolute atomic E-state index is 0.290. The van der Waals surface area contributed by atoms with Gasteiger partial charge in [-0.25, -0.2) is 0 Å². The quantitative estimate of drug-likeness (QED) is 0.754. The third kappa shape index (κ3) is 3.60. The normalized spacial score (nSPS) is 12.4. The van der Waals surface area contributed by atoms with Crippen molar-refractivity contribution < 1.29 is 4.74 Å². The summed E-state index contributed by atoms with van der Waals surface area (Å²) in [7, 11) is 0. The highest BCUT2D eigenvalue weighted by Crippen LogP contribution is 2.18. The van der Waals surface area contributed by atoms with E-state index in [-0.39, 0.29) is 6.10 Å². The number of rotatable bonds is 5. The molecule has 1 aromatic carbocycles. The van der Waals surface area contributed by atoms with Crippen molar-refractivity contribution in [1.29, 1.82) is 0 Å². The van der Waals surface area contributed by atoms with Crippen molar-refractivity contribution in [3.8, 4) is 5.75 Å². The Balaban J connectivity index is 1.98. The van der Waals surface area contributed by atoms with E-state index in [9.17, 15) is 0 Å². The minimum atomic E-state index is 0.290. The van der Waals surface area contributed by atoms with Crippen LogP contribution in [0.3, 0.4) is 0 Å². The van der Waals surface area contributed by atoms with Gasteiger partial charge in [0.25, 0.3) is 0 Å². The molecule has 0 aliphatic carbocycles. The molecule has 2 rings (SSSR count). The lowest BCUT2D eigenvalue weighted by Gasteiger charge is -2.12. The molecule has 90 valence electrons. The van der Waals surface area contributed by atoms with Gasteiger partial charge in [0.2, 0.25) is 0 Å². The molecule has 1 aromatic heterocycles. The molecule has 0 fully saturated rings. The Labute approximate surface area is 107 Å². The molecule has 0 saturated carbocycles. The number of hydrogen-bond donors (Lipinski definition) is 0. The van der Waals surface area contributed by atoms with E-state index in [2.05, 4.69) is 54.9 Å². The van der Waals surface area contributed by atoms with Crippen molar-refractivity contribution in [1.82, 2.24) is 0 Å². The molecular weight excluding hydrogens is 228 g/mol. The van der Waals surface area contributed by atoms with Crippen LogP contribution >= 0.6 is 11.3 Å². The van der Waals surface area contributed by atoms with Gasteiger partial charge >= 0.3 is 0 Å². The molecule has 2 aromatic rings. The van der Waals surface area contributed by atoms with E-state index in [4.69, 9.17) is 4.74 Å². The summed E-state index contributed by atoms with van der Waals surface area (Å²) in [5.74, 6) is 0.966. The van der Waals surface area contributed by atoms with Crippen LogP contribution in [0.15, 0.2) is 41.1 Å². The summed E-state index contributed by atoms with van der Waals surface area (Å²) >= 11 is 1.75. The van der Waals surface area contributed by atoms with E-state index in [1.165, 1.54) is 11.1 Å². The van der Waals surface area contributed by atoms with Crippen LogP contribution in [0.25, 0.3) is 0 Å². The fraction of sp³-hybridized carbons (Fsp3) is 0.333. The van der Waals surface area contributed by atoms with Gasteiger partial charge in [0.05, 0.1) is 6.10 Å². The molecule has 0 aliphatic rings. The topological polar surface area (TPSA) is 9.23 Å². The molecule has 0 spiro atoms. The van der Waals surface area contributed by atoms with Gasteiger partial charge < -0.3 is 4.74 Å². The number of hydrogen-bond acceptors (Lipinski definition) is 2. The summed E-state index contributed by atoms with van der Waals surface area (Å²) in [6, 6.07) is 10.6. The molecule has 1 unspecified atom stereocenters. The lowest BCUT2D eigenvalue weighted by atomic mass is 10.1. The van der Waals surface area contributed by atoms with Crippen LogP contribution in [0.2, 0.25) is 0 Å². The predicted octanol–water partition coefficient (Wildman–Crippen LogP) is 4.52. The van der Waals surface area contributed by atoms with Crippen LogP contribution < -0.4 is 4.74 Å². The molecular formula is C15H18OS. The zero-order chi connectivity index (χ0) is 12.1. The van der Waals surface area contributed by atoms with Gasteiger partial charge in [-0.3, -0.25) is 0 Å². The monoisotopic (exact) mass is 246 g/mol. The Hall–Kier alpha value is -1.28. The molecule has 0 bridgehead atoms. The molecule has 0 amide bonds. The van der Waals surface area contributed by atoms with Gasteiger partial charge in [-0.05, 0) is 59.9 Å². The van der Waals surface area contributed by atoms with Gasteiger partial charge in [-0.15, -0.1) is 0 Å². The Bertz CT molecular complexity index is 430. The Morgan fingerprint density at radius 3 is 2.47 bits per heavy atom. The summed E-state index contributed by atoms with van der Waals surface area (Å²) in [6.45, 7) is 4.23. The molecule has 0 N–H and O–H groups in total. The Kier molecular flexibility index (Phi) is 4.21. The maximum atomic E-state index is 5.76.